The van der Waals surface area contributed by atoms with Gasteiger partial charge in [0.05, 0.1) is 5.52 Å². The van der Waals surface area contributed by atoms with Gasteiger partial charge < -0.3 is 10.2 Å². The first-order valence-electron chi connectivity index (χ1n) is 11.0. The lowest BCUT2D eigenvalue weighted by Gasteiger charge is -2.44. The Labute approximate surface area is 179 Å². The Morgan fingerprint density at radius 3 is 2.67 bits per heavy atom. The number of nitrogens with zero attached hydrogens (tertiary/aromatic N) is 5. The summed E-state index contributed by atoms with van der Waals surface area (Å²) in [6.45, 7) is 5.25. The van der Waals surface area contributed by atoms with Gasteiger partial charge in [-0.25, -0.2) is 4.98 Å². The molecule has 4 fully saturated rings. The Bertz CT molecular complexity index is 1060. The fourth-order valence-corrected chi connectivity index (χ4v) is 5.87. The molecular formula is C22H26N6OS. The normalized spacial score (nSPS) is 25.9. The summed E-state index contributed by atoms with van der Waals surface area (Å²) in [4.78, 5) is 22.2. The molecule has 1 aromatic carbocycles. The van der Waals surface area contributed by atoms with Crippen LogP contribution in [0.4, 0.5) is 0 Å². The van der Waals surface area contributed by atoms with E-state index in [0.29, 0.717) is 11.6 Å². The third kappa shape index (κ3) is 3.09. The summed E-state index contributed by atoms with van der Waals surface area (Å²) < 4.78 is 0. The van der Waals surface area contributed by atoms with Crippen LogP contribution in [0, 0.1) is 5.92 Å². The average molecular weight is 423 g/mol. The summed E-state index contributed by atoms with van der Waals surface area (Å²) in [5.41, 5.74) is 2.60. The Morgan fingerprint density at radius 1 is 1.13 bits per heavy atom. The van der Waals surface area contributed by atoms with Crippen LogP contribution >= 0.6 is 11.3 Å². The minimum Gasteiger partial charge on any atom is -0.346 e. The maximum Gasteiger partial charge on any atom is 0.272 e. The predicted octanol–water partition coefficient (Wildman–Crippen LogP) is 2.72. The maximum absolute atomic E-state index is 13.3. The van der Waals surface area contributed by atoms with Crippen LogP contribution < -0.4 is 10.3 Å². The highest BCUT2D eigenvalue weighted by molar-refractivity contribution is 7.13. The van der Waals surface area contributed by atoms with E-state index >= 15 is 0 Å². The number of carbonyl (C=O) groups is 1. The molecule has 3 aromatic rings. The van der Waals surface area contributed by atoms with Gasteiger partial charge in [0.25, 0.3) is 5.91 Å². The first-order valence-corrected chi connectivity index (χ1v) is 11.9. The molecule has 0 unspecified atom stereocenters. The van der Waals surface area contributed by atoms with Gasteiger partial charge in [0.1, 0.15) is 5.01 Å². The van der Waals surface area contributed by atoms with E-state index < -0.39 is 0 Å². The van der Waals surface area contributed by atoms with Gasteiger partial charge in [-0.1, -0.05) is 6.07 Å². The molecule has 2 bridgehead atoms. The molecule has 4 aliphatic rings. The van der Waals surface area contributed by atoms with Crippen molar-refractivity contribution in [3.8, 4) is 10.6 Å². The van der Waals surface area contributed by atoms with Crippen LogP contribution in [0.5, 0.6) is 0 Å². The van der Waals surface area contributed by atoms with Crippen LogP contribution in [0.3, 0.4) is 0 Å². The number of amides is 1. The van der Waals surface area contributed by atoms with Crippen LogP contribution in [0.1, 0.15) is 36.2 Å². The number of piperidine rings is 3. The number of thiazole rings is 1. The molecule has 6 heterocycles. The minimum atomic E-state index is -0.0429. The molecular weight excluding hydrogens is 396 g/mol. The third-order valence-electron chi connectivity index (χ3n) is 6.88. The van der Waals surface area contributed by atoms with E-state index in [1.165, 1.54) is 25.9 Å². The molecule has 4 saturated heterocycles. The summed E-state index contributed by atoms with van der Waals surface area (Å²) in [6, 6.07) is 6.46. The van der Waals surface area contributed by atoms with Crippen LogP contribution in [-0.2, 0) is 0 Å². The van der Waals surface area contributed by atoms with E-state index in [9.17, 15) is 4.79 Å². The second-order valence-electron chi connectivity index (χ2n) is 8.69. The molecule has 156 valence electrons. The van der Waals surface area contributed by atoms with Crippen LogP contribution in [0.25, 0.3) is 21.5 Å². The number of rotatable bonds is 4. The number of nitrogens with one attached hydrogen (secondary N) is 1. The Hall–Kier alpha value is -2.45. The molecule has 8 heteroatoms. The molecule has 30 heavy (non-hydrogen) atoms. The Morgan fingerprint density at radius 2 is 1.97 bits per heavy atom. The molecule has 0 spiro atoms. The Kier molecular flexibility index (Phi) is 4.49. The predicted molar refractivity (Wildman–Crippen MR) is 118 cm³/mol. The zero-order valence-electron chi connectivity index (χ0n) is 17.0. The van der Waals surface area contributed by atoms with E-state index in [1.54, 1.807) is 11.3 Å². The zero-order valence-corrected chi connectivity index (χ0v) is 17.8. The second kappa shape index (κ2) is 7.35. The number of carbonyl (C=O) groups excluding carboxylic acids is 1. The molecule has 1 atom stereocenters. The lowest BCUT2D eigenvalue weighted by atomic mass is 9.84. The van der Waals surface area contributed by atoms with Crippen molar-refractivity contribution in [3.63, 3.8) is 0 Å². The minimum absolute atomic E-state index is 0.0429. The van der Waals surface area contributed by atoms with Crippen molar-refractivity contribution in [1.82, 2.24) is 25.1 Å². The van der Waals surface area contributed by atoms with Crippen molar-refractivity contribution < 1.29 is 4.79 Å². The van der Waals surface area contributed by atoms with E-state index in [2.05, 4.69) is 32.3 Å². The quantitative estimate of drug-likeness (QED) is 0.700. The maximum atomic E-state index is 13.3. The second-order valence-corrected chi connectivity index (χ2v) is 9.58. The van der Waals surface area contributed by atoms with Gasteiger partial charge in [-0.2, -0.15) is 4.79 Å². The largest absolute Gasteiger partial charge is 0.346 e. The smallest absolute Gasteiger partial charge is 0.272 e. The summed E-state index contributed by atoms with van der Waals surface area (Å²) in [7, 11) is 0. The van der Waals surface area contributed by atoms with Crippen LogP contribution in [0.15, 0.2) is 29.8 Å². The lowest BCUT2D eigenvalue weighted by Crippen LogP contribution is -2.57. The summed E-state index contributed by atoms with van der Waals surface area (Å²) >= 11 is 1.63. The molecule has 1 N–H and O–H groups in total. The van der Waals surface area contributed by atoms with Gasteiger partial charge in [0.2, 0.25) is 0 Å². The number of hydrogen-bond donors (Lipinski definition) is 1. The van der Waals surface area contributed by atoms with Crippen LogP contribution in [-0.4, -0.2) is 64.4 Å². The van der Waals surface area contributed by atoms with Crippen molar-refractivity contribution in [2.24, 2.45) is 5.92 Å². The molecule has 1 amide bonds. The fourth-order valence-electron chi connectivity index (χ4n) is 5.24. The number of hydrogen-bond acceptors (Lipinski definition) is 6. The van der Waals surface area contributed by atoms with E-state index in [1.807, 2.05) is 22.4 Å². The first kappa shape index (κ1) is 18.3. The molecule has 4 aliphatic heterocycles. The highest BCUT2D eigenvalue weighted by Crippen LogP contribution is 2.30. The Balaban J connectivity index is 1.37. The van der Waals surface area contributed by atoms with Crippen molar-refractivity contribution in [3.05, 3.63) is 35.5 Å². The van der Waals surface area contributed by atoms with E-state index in [4.69, 9.17) is 5.10 Å². The summed E-state index contributed by atoms with van der Waals surface area (Å²) in [5.74, 6) is 0.557. The molecule has 7 nitrogen and oxygen atoms in total. The zero-order chi connectivity index (χ0) is 20.1. The molecule has 0 saturated carbocycles. The highest BCUT2D eigenvalue weighted by Gasteiger charge is 2.35. The SMILES string of the molecule is O=C(N[C@@H]1CN2CCC1CC2)c1nn(N2CCCC2)c2cc(-c3nccs3)ccc12. The van der Waals surface area contributed by atoms with Gasteiger partial charge in [-0.3, -0.25) is 9.80 Å². The number of benzene rings is 1. The van der Waals surface area contributed by atoms with Gasteiger partial charge in [-0.05, 0) is 56.8 Å². The first-order chi connectivity index (χ1) is 14.8. The van der Waals surface area contributed by atoms with E-state index in [-0.39, 0.29) is 11.9 Å². The van der Waals surface area contributed by atoms with Gasteiger partial charge >= 0.3 is 0 Å². The molecule has 0 aliphatic carbocycles. The topological polar surface area (TPSA) is 66.3 Å². The summed E-state index contributed by atoms with van der Waals surface area (Å²) in [6.07, 6.45) is 6.52. The highest BCUT2D eigenvalue weighted by atomic mass is 32.1. The van der Waals surface area contributed by atoms with E-state index in [0.717, 1.165) is 53.9 Å². The monoisotopic (exact) mass is 422 g/mol. The standard InChI is InChI=1S/C22H26N6OS/c29-21(24-18-14-26-10-5-15(18)6-11-26)20-17-4-3-16(22-23-7-12-30-22)13-19(17)28(25-20)27-8-1-2-9-27/h3-4,7,12-13,15,18H,1-2,5-6,8-11,14H2,(H,24,29)/t18-/m1/s1. The fraction of sp³-hybridized carbons (Fsp3) is 0.500. The summed E-state index contributed by atoms with van der Waals surface area (Å²) in [5, 5.41) is 14.3. The van der Waals surface area contributed by atoms with Crippen molar-refractivity contribution in [1.29, 1.82) is 0 Å². The average Bonchev–Trinajstić information content (AvgIpc) is 3.54. The number of aromatic nitrogens is 3. The third-order valence-corrected chi connectivity index (χ3v) is 7.70. The number of fused-ring (bicyclic) bond motifs is 4. The van der Waals surface area contributed by atoms with Gasteiger partial charge in [0.15, 0.2) is 5.69 Å². The van der Waals surface area contributed by atoms with Crippen molar-refractivity contribution >= 4 is 28.1 Å². The molecule has 0 radical (unpaired) electrons. The molecule has 2 aromatic heterocycles. The van der Waals surface area contributed by atoms with Gasteiger partial charge in [-0.15, -0.1) is 16.4 Å². The van der Waals surface area contributed by atoms with Crippen molar-refractivity contribution in [2.45, 2.75) is 31.7 Å². The van der Waals surface area contributed by atoms with Crippen molar-refractivity contribution in [2.75, 3.05) is 37.7 Å². The lowest BCUT2D eigenvalue weighted by molar-refractivity contribution is 0.0618. The van der Waals surface area contributed by atoms with Gasteiger partial charge in [0, 0.05) is 48.2 Å². The molecule has 7 rings (SSSR count). The van der Waals surface area contributed by atoms with Crippen LogP contribution in [0.2, 0.25) is 0 Å².